The lowest BCUT2D eigenvalue weighted by Gasteiger charge is -2.19. The molecule has 4 heteroatoms. The van der Waals surface area contributed by atoms with Crippen LogP contribution in [-0.4, -0.2) is 16.5 Å². The average molecular weight is 278 g/mol. The van der Waals surface area contributed by atoms with Gasteiger partial charge in [-0.3, -0.25) is 0 Å². The van der Waals surface area contributed by atoms with Gasteiger partial charge in [-0.2, -0.15) is 0 Å². The van der Waals surface area contributed by atoms with Crippen molar-refractivity contribution in [2.75, 3.05) is 17.6 Å². The van der Waals surface area contributed by atoms with Crippen molar-refractivity contribution in [1.29, 1.82) is 0 Å². The Labute approximate surface area is 123 Å². The summed E-state index contributed by atoms with van der Waals surface area (Å²) in [5, 5.41) is 3.41. The predicted molar refractivity (Wildman–Crippen MR) is 87.1 cm³/mol. The van der Waals surface area contributed by atoms with E-state index in [0.29, 0.717) is 5.82 Å². The summed E-state index contributed by atoms with van der Waals surface area (Å²) in [6.07, 6.45) is 3.68. The Balaban J connectivity index is 2.67. The third kappa shape index (κ3) is 4.99. The Morgan fingerprint density at radius 1 is 1.15 bits per heavy atom. The van der Waals surface area contributed by atoms with E-state index in [1.807, 2.05) is 6.92 Å². The molecule has 4 nitrogen and oxygen atoms in total. The van der Waals surface area contributed by atoms with Crippen LogP contribution in [0, 0.1) is 12.8 Å². The number of anilines is 2. The second-order valence-corrected chi connectivity index (χ2v) is 6.97. The molecule has 0 bridgehead atoms. The van der Waals surface area contributed by atoms with E-state index in [-0.39, 0.29) is 5.41 Å². The Morgan fingerprint density at radius 3 is 2.35 bits per heavy atom. The Bertz CT molecular complexity index is 433. The second-order valence-electron chi connectivity index (χ2n) is 6.97. The van der Waals surface area contributed by atoms with Crippen molar-refractivity contribution in [2.24, 2.45) is 5.92 Å². The summed E-state index contributed by atoms with van der Waals surface area (Å²) < 4.78 is 0. The number of rotatable bonds is 6. The lowest BCUT2D eigenvalue weighted by atomic mass is 9.95. The van der Waals surface area contributed by atoms with Crippen LogP contribution >= 0.6 is 0 Å². The predicted octanol–water partition coefficient (Wildman–Crippen LogP) is 3.90. The van der Waals surface area contributed by atoms with Crippen LogP contribution in [-0.2, 0) is 5.41 Å². The molecule has 1 aromatic heterocycles. The Kier molecular flexibility index (Phi) is 5.78. The van der Waals surface area contributed by atoms with Gasteiger partial charge < -0.3 is 11.1 Å². The molecule has 0 amide bonds. The summed E-state index contributed by atoms with van der Waals surface area (Å²) in [5.41, 5.74) is 6.86. The van der Waals surface area contributed by atoms with Crippen LogP contribution in [0.15, 0.2) is 0 Å². The first-order valence-corrected chi connectivity index (χ1v) is 7.60. The molecule has 0 aromatic carbocycles. The van der Waals surface area contributed by atoms with Gasteiger partial charge >= 0.3 is 0 Å². The normalized spacial score (nSPS) is 11.9. The number of unbranched alkanes of at least 4 members (excludes halogenated alkanes) is 1. The molecule has 0 atom stereocenters. The molecule has 0 fully saturated rings. The highest BCUT2D eigenvalue weighted by Crippen LogP contribution is 2.24. The van der Waals surface area contributed by atoms with E-state index in [9.17, 15) is 0 Å². The maximum Gasteiger partial charge on any atom is 0.138 e. The maximum absolute atomic E-state index is 6.00. The molecule has 0 aliphatic heterocycles. The van der Waals surface area contributed by atoms with Crippen molar-refractivity contribution < 1.29 is 0 Å². The number of hydrogen-bond donors (Lipinski definition) is 2. The summed E-state index contributed by atoms with van der Waals surface area (Å²) in [5.74, 6) is 3.03. The summed E-state index contributed by atoms with van der Waals surface area (Å²) in [6, 6.07) is 0. The molecule has 1 rings (SSSR count). The molecule has 0 saturated heterocycles. The second kappa shape index (κ2) is 6.91. The molecule has 0 unspecified atom stereocenters. The maximum atomic E-state index is 6.00. The lowest BCUT2D eigenvalue weighted by molar-refractivity contribution is 0.541. The monoisotopic (exact) mass is 278 g/mol. The first kappa shape index (κ1) is 16.7. The molecule has 0 aliphatic carbocycles. The smallest absolute Gasteiger partial charge is 0.138 e. The zero-order valence-electron chi connectivity index (χ0n) is 13.9. The number of nitrogens with two attached hydrogens (primary N) is 1. The molecule has 0 saturated carbocycles. The fourth-order valence-corrected chi connectivity index (χ4v) is 1.93. The van der Waals surface area contributed by atoms with E-state index < -0.39 is 0 Å². The van der Waals surface area contributed by atoms with E-state index >= 15 is 0 Å². The average Bonchev–Trinajstić information content (AvgIpc) is 2.31. The minimum atomic E-state index is -0.0874. The molecule has 114 valence electrons. The summed E-state index contributed by atoms with van der Waals surface area (Å²) in [4.78, 5) is 9.03. The Morgan fingerprint density at radius 2 is 1.80 bits per heavy atom. The van der Waals surface area contributed by atoms with Crippen LogP contribution in [0.5, 0.6) is 0 Å². The minimum absolute atomic E-state index is 0.0874. The van der Waals surface area contributed by atoms with Gasteiger partial charge in [0, 0.05) is 17.5 Å². The Hall–Kier alpha value is -1.32. The van der Waals surface area contributed by atoms with Crippen LogP contribution in [0.3, 0.4) is 0 Å². The van der Waals surface area contributed by atoms with Gasteiger partial charge in [0.2, 0.25) is 0 Å². The van der Waals surface area contributed by atoms with Gasteiger partial charge in [0.1, 0.15) is 17.5 Å². The molecule has 0 radical (unpaired) electrons. The number of nitrogens with zero attached hydrogens (tertiary/aromatic N) is 2. The summed E-state index contributed by atoms with van der Waals surface area (Å²) >= 11 is 0. The highest BCUT2D eigenvalue weighted by molar-refractivity contribution is 5.55. The SMILES string of the molecule is Cc1c(N)nc(C(C)(C)C)nc1NCCCCC(C)C. The molecule has 20 heavy (non-hydrogen) atoms. The molecule has 3 N–H and O–H groups in total. The van der Waals surface area contributed by atoms with Crippen LogP contribution in [0.25, 0.3) is 0 Å². The van der Waals surface area contributed by atoms with E-state index in [4.69, 9.17) is 5.73 Å². The standard InChI is InChI=1S/C16H30N4/c1-11(2)9-7-8-10-18-14-12(3)13(17)19-15(20-14)16(4,5)6/h11H,7-10H2,1-6H3,(H3,17,18,19,20). The van der Waals surface area contributed by atoms with Crippen LogP contribution < -0.4 is 11.1 Å². The topological polar surface area (TPSA) is 63.8 Å². The van der Waals surface area contributed by atoms with Crippen molar-refractivity contribution in [1.82, 2.24) is 9.97 Å². The fourth-order valence-electron chi connectivity index (χ4n) is 1.93. The zero-order chi connectivity index (χ0) is 15.3. The van der Waals surface area contributed by atoms with Gasteiger partial charge in [0.05, 0.1) is 0 Å². The van der Waals surface area contributed by atoms with Crippen LogP contribution in [0.1, 0.15) is 65.3 Å². The quantitative estimate of drug-likeness (QED) is 0.775. The van der Waals surface area contributed by atoms with Gasteiger partial charge in [-0.1, -0.05) is 47.5 Å². The van der Waals surface area contributed by atoms with Crippen molar-refractivity contribution in [2.45, 2.75) is 66.2 Å². The van der Waals surface area contributed by atoms with Crippen molar-refractivity contribution in [3.63, 3.8) is 0 Å². The molecule has 0 aliphatic rings. The number of nitrogen functional groups attached to an aromatic ring is 1. The van der Waals surface area contributed by atoms with E-state index in [2.05, 4.69) is 49.9 Å². The third-order valence-corrected chi connectivity index (χ3v) is 3.35. The number of hydrogen-bond acceptors (Lipinski definition) is 4. The van der Waals surface area contributed by atoms with Gasteiger partial charge in [-0.15, -0.1) is 0 Å². The fraction of sp³-hybridized carbons (Fsp3) is 0.750. The number of nitrogens with one attached hydrogen (secondary N) is 1. The molecule has 1 heterocycles. The lowest BCUT2D eigenvalue weighted by Crippen LogP contribution is -2.19. The van der Waals surface area contributed by atoms with Crippen molar-refractivity contribution >= 4 is 11.6 Å². The highest BCUT2D eigenvalue weighted by Gasteiger charge is 2.20. The zero-order valence-corrected chi connectivity index (χ0v) is 13.9. The molecule has 0 spiro atoms. The summed E-state index contributed by atoms with van der Waals surface area (Å²) in [7, 11) is 0. The van der Waals surface area contributed by atoms with Crippen LogP contribution in [0.4, 0.5) is 11.6 Å². The van der Waals surface area contributed by atoms with E-state index in [0.717, 1.165) is 36.1 Å². The van der Waals surface area contributed by atoms with Gasteiger partial charge in [0.25, 0.3) is 0 Å². The summed E-state index contributed by atoms with van der Waals surface area (Å²) in [6.45, 7) is 13.7. The first-order valence-electron chi connectivity index (χ1n) is 7.60. The molecular formula is C16H30N4. The van der Waals surface area contributed by atoms with Gasteiger partial charge in [-0.25, -0.2) is 9.97 Å². The molecule has 1 aromatic rings. The van der Waals surface area contributed by atoms with Gasteiger partial charge in [-0.05, 0) is 19.3 Å². The number of aromatic nitrogens is 2. The first-order chi connectivity index (χ1) is 9.21. The van der Waals surface area contributed by atoms with Gasteiger partial charge in [0.15, 0.2) is 0 Å². The third-order valence-electron chi connectivity index (χ3n) is 3.35. The largest absolute Gasteiger partial charge is 0.383 e. The van der Waals surface area contributed by atoms with Crippen molar-refractivity contribution in [3.8, 4) is 0 Å². The minimum Gasteiger partial charge on any atom is -0.383 e. The molecular weight excluding hydrogens is 248 g/mol. The highest BCUT2D eigenvalue weighted by atomic mass is 15.1. The van der Waals surface area contributed by atoms with Crippen molar-refractivity contribution in [3.05, 3.63) is 11.4 Å². The van der Waals surface area contributed by atoms with Crippen LogP contribution in [0.2, 0.25) is 0 Å². The van der Waals surface area contributed by atoms with E-state index in [1.165, 1.54) is 12.8 Å². The van der Waals surface area contributed by atoms with E-state index in [1.54, 1.807) is 0 Å².